The molecular formula is C16H18OSi. The third kappa shape index (κ3) is 6.05. The van der Waals surface area contributed by atoms with E-state index in [2.05, 4.69) is 16.3 Å². The smallest absolute Gasteiger partial charge is 0.145 e. The van der Waals surface area contributed by atoms with Gasteiger partial charge in [-0.15, -0.1) is 0 Å². The third-order valence-electron chi connectivity index (χ3n) is 2.19. The van der Waals surface area contributed by atoms with Crippen LogP contribution in [0.2, 0.25) is 0 Å². The van der Waals surface area contributed by atoms with Gasteiger partial charge in [0.25, 0.3) is 0 Å². The number of hydrogen-bond donors (Lipinski definition) is 0. The molecule has 0 bridgehead atoms. The second-order valence-electron chi connectivity index (χ2n) is 3.56. The maximum Gasteiger partial charge on any atom is 0.145 e. The molecule has 0 aliphatic carbocycles. The van der Waals surface area contributed by atoms with Crippen molar-refractivity contribution in [1.29, 1.82) is 0 Å². The van der Waals surface area contributed by atoms with Crippen molar-refractivity contribution in [3.63, 3.8) is 0 Å². The summed E-state index contributed by atoms with van der Waals surface area (Å²) >= 11 is 0. The molecule has 0 aromatic heterocycles. The highest BCUT2D eigenvalue weighted by Crippen LogP contribution is 1.98. The Bertz CT molecular complexity index is 437. The first-order valence-corrected chi connectivity index (χ1v) is 6.79. The molecule has 0 amide bonds. The molecule has 0 aliphatic rings. The van der Waals surface area contributed by atoms with Crippen LogP contribution in [-0.2, 0) is 4.43 Å². The Hall–Kier alpha value is -1.82. The molecule has 0 N–H and O–H groups in total. The Morgan fingerprint density at radius 2 is 1.17 bits per heavy atom. The summed E-state index contributed by atoms with van der Waals surface area (Å²) < 4.78 is 4.68. The summed E-state index contributed by atoms with van der Waals surface area (Å²) in [4.78, 5) is 0. The molecule has 0 radical (unpaired) electrons. The van der Waals surface area contributed by atoms with Crippen molar-refractivity contribution in [2.75, 3.05) is 6.61 Å². The van der Waals surface area contributed by atoms with Gasteiger partial charge < -0.3 is 4.43 Å². The van der Waals surface area contributed by atoms with Gasteiger partial charge in [0.1, 0.15) is 10.5 Å². The van der Waals surface area contributed by atoms with Crippen molar-refractivity contribution in [2.45, 2.75) is 6.92 Å². The number of rotatable bonds is 1. The summed E-state index contributed by atoms with van der Waals surface area (Å²) in [5.41, 5.74) is 2.10. The highest BCUT2D eigenvalue weighted by Gasteiger charge is 1.83. The molecule has 0 saturated heterocycles. The van der Waals surface area contributed by atoms with Crippen LogP contribution in [0.5, 0.6) is 0 Å². The van der Waals surface area contributed by atoms with Crippen LogP contribution in [-0.4, -0.2) is 17.1 Å². The van der Waals surface area contributed by atoms with Crippen molar-refractivity contribution in [3.05, 3.63) is 71.8 Å². The molecule has 2 aromatic rings. The minimum Gasteiger partial charge on any atom is -0.428 e. The molecule has 0 saturated carbocycles. The van der Waals surface area contributed by atoms with Crippen LogP contribution in [0.3, 0.4) is 0 Å². The minimum atomic E-state index is 0.881. The zero-order chi connectivity index (χ0) is 13.1. The Balaban J connectivity index is 0.000000357. The van der Waals surface area contributed by atoms with Crippen molar-refractivity contribution in [3.8, 4) is 11.8 Å². The molecule has 2 aromatic carbocycles. The van der Waals surface area contributed by atoms with Crippen LogP contribution < -0.4 is 0 Å². The maximum atomic E-state index is 4.68. The van der Waals surface area contributed by atoms with E-state index in [1.165, 1.54) is 0 Å². The largest absolute Gasteiger partial charge is 0.428 e. The lowest BCUT2D eigenvalue weighted by Gasteiger charge is -1.88. The summed E-state index contributed by atoms with van der Waals surface area (Å²) in [6.07, 6.45) is 0. The Kier molecular flexibility index (Phi) is 7.30. The van der Waals surface area contributed by atoms with E-state index in [1.807, 2.05) is 67.6 Å². The number of benzene rings is 2. The average Bonchev–Trinajstić information content (AvgIpc) is 2.47. The summed E-state index contributed by atoms with van der Waals surface area (Å²) in [7, 11) is 0.890. The van der Waals surface area contributed by atoms with Crippen LogP contribution in [0, 0.1) is 11.8 Å². The van der Waals surface area contributed by atoms with Gasteiger partial charge in [0.15, 0.2) is 0 Å². The van der Waals surface area contributed by atoms with E-state index in [9.17, 15) is 0 Å². The summed E-state index contributed by atoms with van der Waals surface area (Å²) in [6.45, 7) is 2.87. The Morgan fingerprint density at radius 1 is 0.833 bits per heavy atom. The predicted molar refractivity (Wildman–Crippen MR) is 80.4 cm³/mol. The molecule has 18 heavy (non-hydrogen) atoms. The van der Waals surface area contributed by atoms with Gasteiger partial charge in [-0.25, -0.2) is 0 Å². The predicted octanol–water partition coefficient (Wildman–Crippen LogP) is 2.39. The van der Waals surface area contributed by atoms with E-state index < -0.39 is 0 Å². The SMILES string of the molecule is C(#Cc1ccccc1)c1ccccc1.CCO[SiH3]. The molecule has 0 fully saturated rings. The minimum absolute atomic E-state index is 0.881. The molecule has 0 heterocycles. The first kappa shape index (κ1) is 14.2. The first-order chi connectivity index (χ1) is 8.86. The number of hydrogen-bond acceptors (Lipinski definition) is 1. The van der Waals surface area contributed by atoms with Crippen LogP contribution in [0.1, 0.15) is 18.1 Å². The second kappa shape index (κ2) is 9.23. The molecule has 0 spiro atoms. The molecule has 92 valence electrons. The van der Waals surface area contributed by atoms with E-state index >= 15 is 0 Å². The van der Waals surface area contributed by atoms with E-state index in [1.54, 1.807) is 0 Å². The van der Waals surface area contributed by atoms with Gasteiger partial charge in [0.05, 0.1) is 0 Å². The van der Waals surface area contributed by atoms with Gasteiger partial charge in [0, 0.05) is 17.7 Å². The lowest BCUT2D eigenvalue weighted by Crippen LogP contribution is -1.76. The quantitative estimate of drug-likeness (QED) is 0.561. The standard InChI is InChI=1S/C14H10.C2H8OSi/c1-3-7-13(8-4-1)11-12-14-9-5-2-6-10-14;1-2-3-4/h1-10H;2H2,1,4H3. The van der Waals surface area contributed by atoms with Gasteiger partial charge in [-0.2, -0.15) is 0 Å². The lowest BCUT2D eigenvalue weighted by molar-refractivity contribution is 0.375. The Labute approximate surface area is 112 Å². The van der Waals surface area contributed by atoms with Gasteiger partial charge >= 0.3 is 0 Å². The van der Waals surface area contributed by atoms with Crippen molar-refractivity contribution in [2.24, 2.45) is 0 Å². The van der Waals surface area contributed by atoms with Crippen LogP contribution in [0.4, 0.5) is 0 Å². The fourth-order valence-corrected chi connectivity index (χ4v) is 1.19. The molecule has 1 nitrogen and oxygen atoms in total. The summed E-state index contributed by atoms with van der Waals surface area (Å²) in [5.74, 6) is 6.22. The van der Waals surface area contributed by atoms with Gasteiger partial charge in [-0.3, -0.25) is 0 Å². The van der Waals surface area contributed by atoms with Gasteiger partial charge in [0.2, 0.25) is 0 Å². The topological polar surface area (TPSA) is 9.23 Å². The van der Waals surface area contributed by atoms with Crippen LogP contribution in [0.25, 0.3) is 0 Å². The van der Waals surface area contributed by atoms with Gasteiger partial charge in [-0.05, 0) is 31.2 Å². The second-order valence-corrected chi connectivity index (χ2v) is 4.14. The van der Waals surface area contributed by atoms with Gasteiger partial charge in [-0.1, -0.05) is 48.2 Å². The zero-order valence-corrected chi connectivity index (χ0v) is 12.9. The lowest BCUT2D eigenvalue weighted by atomic mass is 10.2. The normalized spacial score (nSPS) is 8.72. The molecule has 2 heteroatoms. The van der Waals surface area contributed by atoms with Crippen molar-refractivity contribution >= 4 is 10.5 Å². The molecule has 0 aliphatic heterocycles. The first-order valence-electron chi connectivity index (χ1n) is 5.98. The van der Waals surface area contributed by atoms with E-state index in [4.69, 9.17) is 0 Å². The summed E-state index contributed by atoms with van der Waals surface area (Å²) in [6, 6.07) is 20.0. The fourth-order valence-electron chi connectivity index (χ4n) is 1.19. The van der Waals surface area contributed by atoms with Crippen molar-refractivity contribution < 1.29 is 4.43 Å². The molecule has 2 rings (SSSR count). The van der Waals surface area contributed by atoms with Crippen LogP contribution >= 0.6 is 0 Å². The van der Waals surface area contributed by atoms with E-state index in [0.717, 1.165) is 28.2 Å². The monoisotopic (exact) mass is 254 g/mol. The molecule has 0 atom stereocenters. The highest BCUT2D eigenvalue weighted by molar-refractivity contribution is 5.97. The zero-order valence-electron chi connectivity index (χ0n) is 10.9. The molecule has 0 unspecified atom stereocenters. The maximum absolute atomic E-state index is 4.68. The van der Waals surface area contributed by atoms with Crippen molar-refractivity contribution in [1.82, 2.24) is 0 Å². The van der Waals surface area contributed by atoms with E-state index in [0.29, 0.717) is 0 Å². The van der Waals surface area contributed by atoms with E-state index in [-0.39, 0.29) is 0 Å². The summed E-state index contributed by atoms with van der Waals surface area (Å²) in [5, 5.41) is 0. The third-order valence-corrected chi connectivity index (χ3v) is 2.76. The Morgan fingerprint density at radius 3 is 1.44 bits per heavy atom. The van der Waals surface area contributed by atoms with Crippen LogP contribution in [0.15, 0.2) is 60.7 Å². The molecular weight excluding hydrogens is 236 g/mol. The average molecular weight is 254 g/mol. The fraction of sp³-hybridized carbons (Fsp3) is 0.125. The highest BCUT2D eigenvalue weighted by atomic mass is 28.2.